The molecule has 36 heavy (non-hydrogen) atoms. The van der Waals surface area contributed by atoms with Crippen molar-refractivity contribution in [3.63, 3.8) is 0 Å². The zero-order chi connectivity index (χ0) is 25.2. The van der Waals surface area contributed by atoms with Crippen molar-refractivity contribution in [1.29, 1.82) is 0 Å². The van der Waals surface area contributed by atoms with Gasteiger partial charge in [-0.2, -0.15) is 0 Å². The summed E-state index contributed by atoms with van der Waals surface area (Å²) in [6.45, 7) is 1.46. The van der Waals surface area contributed by atoms with Gasteiger partial charge in [0.25, 0.3) is 11.5 Å². The summed E-state index contributed by atoms with van der Waals surface area (Å²) < 4.78 is 14.0. The lowest BCUT2D eigenvalue weighted by Gasteiger charge is -2.29. The monoisotopic (exact) mass is 635 g/mol. The highest BCUT2D eigenvalue weighted by Crippen LogP contribution is 2.33. The van der Waals surface area contributed by atoms with Gasteiger partial charge in [0.05, 0.1) is 18.3 Å². The summed E-state index contributed by atoms with van der Waals surface area (Å²) in [6.07, 6.45) is 3.52. The molecule has 10 heteroatoms. The molecule has 0 radical (unpaired) electrons. The third-order valence-corrected chi connectivity index (χ3v) is 8.78. The summed E-state index contributed by atoms with van der Waals surface area (Å²) in [5.74, 6) is 0.845. The Balaban J connectivity index is 1.37. The number of fused-ring (bicyclic) bond motifs is 1. The van der Waals surface area contributed by atoms with Crippen LogP contribution < -0.4 is 15.0 Å². The number of halogens is 2. The summed E-state index contributed by atoms with van der Waals surface area (Å²) >= 11 is 9.83. The van der Waals surface area contributed by atoms with Crippen LogP contribution in [0.3, 0.4) is 0 Å². The Morgan fingerprint density at radius 2 is 1.89 bits per heavy atom. The molecule has 0 saturated carbocycles. The maximum absolute atomic E-state index is 13.3. The van der Waals surface area contributed by atoms with Gasteiger partial charge < -0.3 is 14.4 Å². The zero-order valence-corrected chi connectivity index (χ0v) is 23.2. The van der Waals surface area contributed by atoms with E-state index in [9.17, 15) is 9.59 Å². The van der Waals surface area contributed by atoms with E-state index in [4.69, 9.17) is 21.1 Å². The number of carbonyl (C=O) groups excluding carboxylic acids is 1. The van der Waals surface area contributed by atoms with E-state index in [1.165, 1.54) is 29.3 Å². The Kier molecular flexibility index (Phi) is 7.49. The Morgan fingerprint density at radius 3 is 2.61 bits per heavy atom. The Labute approximate surface area is 230 Å². The van der Waals surface area contributed by atoms with Crippen LogP contribution in [0.2, 0.25) is 5.02 Å². The van der Waals surface area contributed by atoms with Crippen molar-refractivity contribution in [2.75, 3.05) is 26.8 Å². The summed E-state index contributed by atoms with van der Waals surface area (Å²) in [4.78, 5) is 33.2. The number of aromatic nitrogens is 2. The maximum Gasteiger partial charge on any atom is 0.275 e. The largest absolute Gasteiger partial charge is 0.493 e. The maximum atomic E-state index is 13.3. The smallest absolute Gasteiger partial charge is 0.275 e. The van der Waals surface area contributed by atoms with Gasteiger partial charge in [0.1, 0.15) is 11.0 Å². The number of hydrogen-bond acceptors (Lipinski definition) is 6. The predicted molar refractivity (Wildman–Crippen MR) is 151 cm³/mol. The molecule has 5 rings (SSSR count). The molecule has 1 saturated heterocycles. The van der Waals surface area contributed by atoms with E-state index in [1.807, 2.05) is 35.2 Å². The first-order valence-electron chi connectivity index (χ1n) is 11.4. The number of methoxy groups -OCH3 is 1. The van der Waals surface area contributed by atoms with Crippen LogP contribution in [-0.2, 0) is 4.79 Å². The van der Waals surface area contributed by atoms with E-state index in [-0.39, 0.29) is 18.1 Å². The van der Waals surface area contributed by atoms with E-state index in [1.54, 1.807) is 18.2 Å². The lowest BCUT2D eigenvalue weighted by molar-refractivity contribution is -0.134. The minimum Gasteiger partial charge on any atom is -0.493 e. The number of amides is 1. The second kappa shape index (κ2) is 10.8. The lowest BCUT2D eigenvalue weighted by atomic mass is 10.1. The topological polar surface area (TPSA) is 73.7 Å². The number of piperidine rings is 1. The molecule has 0 atom stereocenters. The van der Waals surface area contributed by atoms with Crippen LogP contribution in [0.15, 0.2) is 59.7 Å². The molecule has 1 aliphatic rings. The van der Waals surface area contributed by atoms with Crippen LogP contribution in [0.5, 0.6) is 11.5 Å². The molecule has 0 spiro atoms. The average Bonchev–Trinajstić information content (AvgIpc) is 3.34. The first kappa shape index (κ1) is 25.0. The number of alkyl halides is 1. The van der Waals surface area contributed by atoms with E-state index in [0.29, 0.717) is 36.4 Å². The van der Waals surface area contributed by atoms with Gasteiger partial charge in [-0.25, -0.2) is 4.98 Å². The molecule has 2 aromatic carbocycles. The molecule has 1 amide bonds. The molecule has 1 aliphatic heterocycles. The number of nitrogens with zero attached hydrogens (tertiary/aromatic N) is 3. The number of ether oxygens (including phenoxy) is 2. The fourth-order valence-corrected chi connectivity index (χ4v) is 5.84. The van der Waals surface area contributed by atoms with Crippen LogP contribution in [0.1, 0.15) is 12.8 Å². The summed E-state index contributed by atoms with van der Waals surface area (Å²) in [5.41, 5.74) is 2.04. The van der Waals surface area contributed by atoms with E-state index in [0.717, 1.165) is 36.4 Å². The summed E-state index contributed by atoms with van der Waals surface area (Å²) in [7, 11) is 1.53. The van der Waals surface area contributed by atoms with Crippen molar-refractivity contribution in [3.8, 4) is 27.6 Å². The van der Waals surface area contributed by atoms with Gasteiger partial charge in [-0.1, -0.05) is 46.3 Å². The highest BCUT2D eigenvalue weighted by Gasteiger charge is 2.22. The molecule has 0 bridgehead atoms. The lowest BCUT2D eigenvalue weighted by Crippen LogP contribution is -2.41. The summed E-state index contributed by atoms with van der Waals surface area (Å²) in [6, 6.07) is 14.6. The number of hydrogen-bond donors (Lipinski definition) is 0. The Bertz CT molecular complexity index is 1460. The third kappa shape index (κ3) is 5.23. The standard InChI is InChI=1S/C26H23ClIN3O4S/c1-34-22-12-19(6-7-21(22)35-14-24(32)30-10-8-18(28)9-11-30)31-15-29-20-13-23(36-25(20)26(31)33)16-2-4-17(27)5-3-16/h2-7,12-13,15,18H,8-11,14H2,1H3. The van der Waals surface area contributed by atoms with Crippen molar-refractivity contribution < 1.29 is 14.3 Å². The second-order valence-corrected chi connectivity index (χ2v) is 11.7. The highest BCUT2D eigenvalue weighted by atomic mass is 127. The van der Waals surface area contributed by atoms with Gasteiger partial charge >= 0.3 is 0 Å². The molecule has 1 fully saturated rings. The molecular weight excluding hydrogens is 613 g/mol. The molecule has 2 aromatic heterocycles. The van der Waals surface area contributed by atoms with Gasteiger partial charge in [-0.3, -0.25) is 14.2 Å². The second-order valence-electron chi connectivity index (χ2n) is 8.43. The van der Waals surface area contributed by atoms with Crippen LogP contribution in [0.25, 0.3) is 26.3 Å². The van der Waals surface area contributed by atoms with Crippen molar-refractivity contribution >= 4 is 61.7 Å². The molecule has 0 N–H and O–H groups in total. The molecule has 3 heterocycles. The first-order valence-corrected chi connectivity index (χ1v) is 13.9. The number of rotatable bonds is 6. The quantitative estimate of drug-likeness (QED) is 0.204. The predicted octanol–water partition coefficient (Wildman–Crippen LogP) is 5.58. The normalized spacial score (nSPS) is 14.2. The van der Waals surface area contributed by atoms with E-state index >= 15 is 0 Å². The van der Waals surface area contributed by atoms with Crippen LogP contribution >= 0.6 is 45.5 Å². The van der Waals surface area contributed by atoms with Crippen molar-refractivity contribution in [1.82, 2.24) is 14.5 Å². The molecule has 7 nitrogen and oxygen atoms in total. The number of likely N-dealkylation sites (tertiary alicyclic amines) is 1. The van der Waals surface area contributed by atoms with E-state index in [2.05, 4.69) is 27.6 Å². The number of thiophene rings is 1. The van der Waals surface area contributed by atoms with Crippen molar-refractivity contribution in [2.24, 2.45) is 0 Å². The fraction of sp³-hybridized carbons (Fsp3) is 0.269. The minimum atomic E-state index is -0.172. The highest BCUT2D eigenvalue weighted by molar-refractivity contribution is 14.1. The molecule has 0 aliphatic carbocycles. The average molecular weight is 636 g/mol. The molecule has 4 aromatic rings. The molecule has 186 valence electrons. The van der Waals surface area contributed by atoms with Crippen LogP contribution in [0.4, 0.5) is 0 Å². The number of carbonyl (C=O) groups is 1. The van der Waals surface area contributed by atoms with Crippen molar-refractivity contribution in [3.05, 3.63) is 70.2 Å². The Morgan fingerprint density at radius 1 is 1.14 bits per heavy atom. The fourth-order valence-electron chi connectivity index (χ4n) is 4.11. The third-order valence-electron chi connectivity index (χ3n) is 6.12. The first-order chi connectivity index (χ1) is 17.4. The van der Waals surface area contributed by atoms with Gasteiger partial charge in [0.2, 0.25) is 0 Å². The van der Waals surface area contributed by atoms with Crippen LogP contribution in [0, 0.1) is 0 Å². The molecule has 0 unspecified atom stereocenters. The number of benzene rings is 2. The van der Waals surface area contributed by atoms with Gasteiger partial charge in [0, 0.05) is 33.0 Å². The Hall–Kier alpha value is -2.63. The summed E-state index contributed by atoms with van der Waals surface area (Å²) in [5, 5.41) is 0.659. The molecular formula is C26H23ClIN3O4S. The van der Waals surface area contributed by atoms with Crippen LogP contribution in [-0.4, -0.2) is 51.1 Å². The van der Waals surface area contributed by atoms with Crippen molar-refractivity contribution in [2.45, 2.75) is 16.8 Å². The van der Waals surface area contributed by atoms with E-state index < -0.39 is 0 Å². The van der Waals surface area contributed by atoms with Gasteiger partial charge in [0.15, 0.2) is 18.1 Å². The minimum absolute atomic E-state index is 0.0375. The zero-order valence-electron chi connectivity index (χ0n) is 19.4. The van der Waals surface area contributed by atoms with Gasteiger partial charge in [-0.15, -0.1) is 11.3 Å². The van der Waals surface area contributed by atoms with Gasteiger partial charge in [-0.05, 0) is 48.7 Å². The SMILES string of the molecule is COc1cc(-n2cnc3cc(-c4ccc(Cl)cc4)sc3c2=O)ccc1OCC(=O)N1CCC(I)CC1.